The molecule has 0 radical (unpaired) electrons. The number of morpholine rings is 1. The van der Waals surface area contributed by atoms with Crippen molar-refractivity contribution in [1.82, 2.24) is 4.90 Å². The van der Waals surface area contributed by atoms with Gasteiger partial charge in [0.05, 0.1) is 29.5 Å². The highest BCUT2D eigenvalue weighted by atomic mass is 35.5. The smallest absolute Gasteiger partial charge is 0.335 e. The van der Waals surface area contributed by atoms with E-state index in [9.17, 15) is 23.9 Å². The number of amides is 2. The molecule has 1 unspecified atom stereocenters. The van der Waals surface area contributed by atoms with Crippen LogP contribution in [-0.4, -0.2) is 60.6 Å². The number of nitrogens with zero attached hydrogens (tertiary/aromatic N) is 2. The predicted molar refractivity (Wildman–Crippen MR) is 168 cm³/mol. The zero-order chi connectivity index (χ0) is 31.8. The van der Waals surface area contributed by atoms with E-state index in [4.69, 9.17) is 22.1 Å². The van der Waals surface area contributed by atoms with Gasteiger partial charge >= 0.3 is 5.97 Å². The van der Waals surface area contributed by atoms with Crippen LogP contribution in [0, 0.1) is 5.82 Å². The van der Waals surface area contributed by atoms with Crippen LogP contribution in [0.1, 0.15) is 41.4 Å². The van der Waals surface area contributed by atoms with E-state index in [1.807, 2.05) is 32.0 Å². The van der Waals surface area contributed by atoms with Crippen molar-refractivity contribution < 1.29 is 28.6 Å². The fraction of sp³-hybridized carbons (Fsp3) is 0.281. The van der Waals surface area contributed by atoms with Gasteiger partial charge in [-0.1, -0.05) is 43.6 Å². The summed E-state index contributed by atoms with van der Waals surface area (Å²) in [5, 5.41) is 14.6. The fourth-order valence-electron chi connectivity index (χ4n) is 5.16. The quantitative estimate of drug-likeness (QED) is 0.269. The Hall–Kier alpha value is -4.61. The summed E-state index contributed by atoms with van der Waals surface area (Å²) in [6.07, 6.45) is 1.66. The van der Waals surface area contributed by atoms with Crippen molar-refractivity contribution in [1.29, 1.82) is 0 Å². The molecule has 2 aliphatic heterocycles. The van der Waals surface area contributed by atoms with Gasteiger partial charge in [-0.25, -0.2) is 9.18 Å². The average molecular weight is 624 g/mol. The Balaban J connectivity index is 0.00000216. The summed E-state index contributed by atoms with van der Waals surface area (Å²) in [5.74, 6) is -2.89. The number of carbonyl (C=O) groups is 3. The SMILES string of the molecule is CC.N/C(=C\Nc1cccc(Cl)c1F)C(=O)N1CCc2c(cccc2N2CCOCC2)C1C(=O)Nc1ccc(C(=O)O)cc1. The lowest BCUT2D eigenvalue weighted by Gasteiger charge is -2.39. The van der Waals surface area contributed by atoms with Gasteiger partial charge in [-0.2, -0.15) is 0 Å². The minimum absolute atomic E-state index is 0.0384. The summed E-state index contributed by atoms with van der Waals surface area (Å²) in [6, 6.07) is 14.8. The molecule has 0 bridgehead atoms. The third kappa shape index (κ3) is 7.12. The third-order valence-corrected chi connectivity index (χ3v) is 7.53. The summed E-state index contributed by atoms with van der Waals surface area (Å²) < 4.78 is 19.9. The molecule has 232 valence electrons. The highest BCUT2D eigenvalue weighted by molar-refractivity contribution is 6.31. The molecule has 0 saturated carbocycles. The van der Waals surface area contributed by atoms with Crippen LogP contribution >= 0.6 is 11.6 Å². The minimum atomic E-state index is -1.09. The lowest BCUT2D eigenvalue weighted by molar-refractivity contribution is -0.136. The van der Waals surface area contributed by atoms with Crippen molar-refractivity contribution in [2.75, 3.05) is 48.4 Å². The van der Waals surface area contributed by atoms with Gasteiger partial charge in [0, 0.05) is 37.2 Å². The maximum absolute atomic E-state index is 14.4. The normalized spacial score (nSPS) is 16.3. The third-order valence-electron chi connectivity index (χ3n) is 7.24. The van der Waals surface area contributed by atoms with Crippen LogP contribution in [0.15, 0.2) is 72.6 Å². The van der Waals surface area contributed by atoms with Gasteiger partial charge in [0.1, 0.15) is 11.7 Å². The zero-order valence-electron chi connectivity index (χ0n) is 24.5. The van der Waals surface area contributed by atoms with Gasteiger partial charge in [-0.3, -0.25) is 9.59 Å². The molecule has 2 amide bonds. The zero-order valence-corrected chi connectivity index (χ0v) is 25.2. The van der Waals surface area contributed by atoms with Crippen molar-refractivity contribution in [2.45, 2.75) is 26.3 Å². The van der Waals surface area contributed by atoms with Gasteiger partial charge in [0.15, 0.2) is 5.82 Å². The Kier molecular flexibility index (Phi) is 10.8. The predicted octanol–water partition coefficient (Wildman–Crippen LogP) is 5.02. The Morgan fingerprint density at radius 1 is 1.02 bits per heavy atom. The van der Waals surface area contributed by atoms with Crippen molar-refractivity contribution in [2.24, 2.45) is 5.73 Å². The van der Waals surface area contributed by atoms with Crippen molar-refractivity contribution in [3.05, 3.63) is 100 Å². The topological polar surface area (TPSA) is 137 Å². The molecule has 10 nitrogen and oxygen atoms in total. The molecule has 5 rings (SSSR count). The van der Waals surface area contributed by atoms with Gasteiger partial charge in [0.2, 0.25) is 0 Å². The summed E-state index contributed by atoms with van der Waals surface area (Å²) in [6.45, 7) is 6.78. The maximum Gasteiger partial charge on any atom is 0.335 e. The average Bonchev–Trinajstić information content (AvgIpc) is 3.05. The molecule has 0 aliphatic carbocycles. The molecule has 3 aromatic carbocycles. The van der Waals surface area contributed by atoms with E-state index in [0.717, 1.165) is 11.3 Å². The number of benzene rings is 3. The van der Waals surface area contributed by atoms with Crippen LogP contribution in [0.4, 0.5) is 21.5 Å². The number of fused-ring (bicyclic) bond motifs is 1. The van der Waals surface area contributed by atoms with E-state index in [0.29, 0.717) is 44.0 Å². The van der Waals surface area contributed by atoms with Crippen molar-refractivity contribution in [3.8, 4) is 0 Å². The number of carboxylic acid groups (broad SMARTS) is 1. The number of carbonyl (C=O) groups excluding carboxylic acids is 2. The van der Waals surface area contributed by atoms with E-state index in [1.165, 1.54) is 47.5 Å². The second kappa shape index (κ2) is 14.7. The number of anilines is 3. The van der Waals surface area contributed by atoms with E-state index in [-0.39, 0.29) is 28.5 Å². The number of carboxylic acids is 1. The van der Waals surface area contributed by atoms with E-state index < -0.39 is 29.6 Å². The van der Waals surface area contributed by atoms with Crippen LogP contribution in [0.25, 0.3) is 0 Å². The Morgan fingerprint density at radius 3 is 2.39 bits per heavy atom. The molecule has 0 aromatic heterocycles. The first-order chi connectivity index (χ1) is 21.2. The van der Waals surface area contributed by atoms with Crippen LogP contribution in [-0.2, 0) is 20.7 Å². The molecule has 1 saturated heterocycles. The van der Waals surface area contributed by atoms with Crippen molar-refractivity contribution in [3.63, 3.8) is 0 Å². The van der Waals surface area contributed by atoms with E-state index >= 15 is 0 Å². The molecular formula is C32H35ClFN5O5. The molecule has 0 spiro atoms. The Bertz CT molecular complexity index is 1540. The Labute approximate surface area is 260 Å². The summed E-state index contributed by atoms with van der Waals surface area (Å²) in [4.78, 5) is 42.3. The number of rotatable bonds is 7. The Morgan fingerprint density at radius 2 is 1.70 bits per heavy atom. The lowest BCUT2D eigenvalue weighted by Crippen LogP contribution is -2.47. The molecule has 2 aliphatic rings. The summed E-state index contributed by atoms with van der Waals surface area (Å²) >= 11 is 5.85. The number of nitrogens with two attached hydrogens (primary N) is 1. The molecule has 1 atom stereocenters. The standard InChI is InChI=1S/C30H29ClFN5O5.C2H6/c31-22-4-2-5-24(26(22)32)34-17-23(33)29(39)37-12-11-20-21(3-1-6-25(20)36-13-15-42-16-14-36)27(37)28(38)35-19-9-7-18(8-10-19)30(40)41;1-2/h1-10,17,27,34H,11-16,33H2,(H,35,38)(H,40,41);1-2H3/b23-17-;. The number of hydrogen-bond acceptors (Lipinski definition) is 7. The van der Waals surface area contributed by atoms with Crippen LogP contribution < -0.4 is 21.3 Å². The van der Waals surface area contributed by atoms with Crippen LogP contribution in [0.2, 0.25) is 5.02 Å². The number of aromatic carboxylic acids is 1. The summed E-state index contributed by atoms with van der Waals surface area (Å²) in [5.41, 5.74) is 8.99. The van der Waals surface area contributed by atoms with Gasteiger partial charge < -0.3 is 36.0 Å². The van der Waals surface area contributed by atoms with Crippen molar-refractivity contribution >= 4 is 46.4 Å². The summed E-state index contributed by atoms with van der Waals surface area (Å²) in [7, 11) is 0. The number of halogens is 2. The molecule has 3 aromatic rings. The lowest BCUT2D eigenvalue weighted by atomic mass is 9.89. The largest absolute Gasteiger partial charge is 0.478 e. The molecule has 2 heterocycles. The molecule has 44 heavy (non-hydrogen) atoms. The first-order valence-electron chi connectivity index (χ1n) is 14.3. The van der Waals surface area contributed by atoms with E-state index in [2.05, 4.69) is 15.5 Å². The van der Waals surface area contributed by atoms with Crippen LogP contribution in [0.3, 0.4) is 0 Å². The molecular weight excluding hydrogens is 589 g/mol. The minimum Gasteiger partial charge on any atom is -0.478 e. The number of nitrogens with one attached hydrogen (secondary N) is 2. The van der Waals surface area contributed by atoms with Crippen LogP contribution in [0.5, 0.6) is 0 Å². The van der Waals surface area contributed by atoms with Gasteiger partial charge in [-0.05, 0) is 60.0 Å². The first kappa shape index (κ1) is 32.3. The van der Waals surface area contributed by atoms with Gasteiger partial charge in [-0.15, -0.1) is 0 Å². The van der Waals surface area contributed by atoms with Gasteiger partial charge in [0.25, 0.3) is 11.8 Å². The highest BCUT2D eigenvalue weighted by Gasteiger charge is 2.38. The monoisotopic (exact) mass is 623 g/mol. The molecule has 5 N–H and O–H groups in total. The molecule has 12 heteroatoms. The first-order valence-corrected chi connectivity index (χ1v) is 14.7. The molecule has 1 fully saturated rings. The highest BCUT2D eigenvalue weighted by Crippen LogP contribution is 2.37. The fourth-order valence-corrected chi connectivity index (χ4v) is 5.33. The number of ether oxygens (including phenoxy) is 1. The number of hydrogen-bond donors (Lipinski definition) is 4. The second-order valence-electron chi connectivity index (χ2n) is 9.81. The maximum atomic E-state index is 14.4. The second-order valence-corrected chi connectivity index (χ2v) is 10.2. The van der Waals surface area contributed by atoms with E-state index in [1.54, 1.807) is 6.07 Å².